The number of hydrogen-bond donors (Lipinski definition) is 1. The Morgan fingerprint density at radius 1 is 1.27 bits per heavy atom. The molecule has 0 saturated heterocycles. The summed E-state index contributed by atoms with van der Waals surface area (Å²) in [4.78, 5) is 24.8. The highest BCUT2D eigenvalue weighted by Crippen LogP contribution is 2.30. The van der Waals surface area contributed by atoms with Gasteiger partial charge in [0.15, 0.2) is 5.67 Å². The summed E-state index contributed by atoms with van der Waals surface area (Å²) in [5.41, 5.74) is 1.80. The van der Waals surface area contributed by atoms with E-state index < -0.39 is 11.6 Å². The van der Waals surface area contributed by atoms with Gasteiger partial charge in [-0.1, -0.05) is 23.7 Å². The molecule has 1 aromatic carbocycles. The highest BCUT2D eigenvalue weighted by molar-refractivity contribution is 6.31. The molecular formula is C24H23ClFN5O2. The quantitative estimate of drug-likeness (QED) is 0.425. The molecular weight excluding hydrogens is 445 g/mol. The van der Waals surface area contributed by atoms with Crippen molar-refractivity contribution in [2.24, 2.45) is 0 Å². The number of hydrogen-bond acceptors (Lipinski definition) is 5. The summed E-state index contributed by atoms with van der Waals surface area (Å²) in [5, 5.41) is 3.88. The van der Waals surface area contributed by atoms with Gasteiger partial charge in [0.25, 0.3) is 5.91 Å². The lowest BCUT2D eigenvalue weighted by molar-refractivity contribution is -0.130. The van der Waals surface area contributed by atoms with Crippen molar-refractivity contribution in [3.8, 4) is 11.4 Å². The largest absolute Gasteiger partial charge is 0.487 e. The van der Waals surface area contributed by atoms with Crippen LogP contribution in [-0.4, -0.2) is 31.1 Å². The summed E-state index contributed by atoms with van der Waals surface area (Å²) in [6.45, 7) is 4.53. The number of nitrogens with zero attached hydrogens (tertiary/aromatic N) is 4. The molecule has 0 unspecified atom stereocenters. The normalized spacial score (nSPS) is 11.5. The van der Waals surface area contributed by atoms with Crippen LogP contribution in [0.15, 0.2) is 55.4 Å². The molecule has 3 aromatic heterocycles. The molecule has 3 heterocycles. The Bertz CT molecular complexity index is 1300. The number of ether oxygens (including phenoxy) is 1. The predicted octanol–water partition coefficient (Wildman–Crippen LogP) is 4.72. The zero-order chi connectivity index (χ0) is 23.6. The van der Waals surface area contributed by atoms with Crippen molar-refractivity contribution in [3.63, 3.8) is 0 Å². The first-order chi connectivity index (χ1) is 15.7. The van der Waals surface area contributed by atoms with Crippen LogP contribution < -0.4 is 10.1 Å². The summed E-state index contributed by atoms with van der Waals surface area (Å²) in [5.74, 6) is -0.125. The Morgan fingerprint density at radius 3 is 2.82 bits per heavy atom. The molecule has 0 radical (unpaired) electrons. The topological polar surface area (TPSA) is 81.9 Å². The summed E-state index contributed by atoms with van der Waals surface area (Å²) >= 11 is 6.38. The van der Waals surface area contributed by atoms with E-state index in [4.69, 9.17) is 16.3 Å². The van der Waals surface area contributed by atoms with Gasteiger partial charge in [-0.05, 0) is 38.5 Å². The van der Waals surface area contributed by atoms with Crippen LogP contribution >= 0.6 is 11.6 Å². The molecule has 0 atom stereocenters. The third-order valence-corrected chi connectivity index (χ3v) is 5.46. The number of halogens is 2. The van der Waals surface area contributed by atoms with E-state index >= 15 is 0 Å². The van der Waals surface area contributed by atoms with E-state index in [1.54, 1.807) is 18.7 Å². The highest BCUT2D eigenvalue weighted by Gasteiger charge is 2.26. The van der Waals surface area contributed by atoms with Gasteiger partial charge in [-0.25, -0.2) is 14.4 Å². The number of amides is 1. The molecule has 0 aliphatic rings. The fourth-order valence-corrected chi connectivity index (χ4v) is 3.64. The van der Waals surface area contributed by atoms with Crippen LogP contribution in [0.1, 0.15) is 30.7 Å². The van der Waals surface area contributed by atoms with Crippen LogP contribution in [0, 0.1) is 6.92 Å². The van der Waals surface area contributed by atoms with Gasteiger partial charge in [-0.2, -0.15) is 0 Å². The fraction of sp³-hybridized carbons (Fsp3) is 0.250. The number of para-hydroxylation sites is 1. The minimum atomic E-state index is -1.98. The number of aromatic nitrogens is 4. The molecule has 0 fully saturated rings. The van der Waals surface area contributed by atoms with E-state index in [-0.39, 0.29) is 13.2 Å². The number of nitrogens with one attached hydrogen (secondary N) is 1. The molecule has 4 rings (SSSR count). The fourth-order valence-electron chi connectivity index (χ4n) is 3.41. The van der Waals surface area contributed by atoms with Crippen molar-refractivity contribution in [2.75, 3.05) is 0 Å². The smallest absolute Gasteiger partial charge is 0.257 e. The lowest BCUT2D eigenvalue weighted by Gasteiger charge is -2.17. The second kappa shape index (κ2) is 9.15. The number of benzene rings is 1. The Morgan fingerprint density at radius 2 is 2.09 bits per heavy atom. The van der Waals surface area contributed by atoms with E-state index in [2.05, 4.69) is 20.3 Å². The van der Waals surface area contributed by atoms with Crippen molar-refractivity contribution in [3.05, 3.63) is 77.2 Å². The molecule has 4 aromatic rings. The van der Waals surface area contributed by atoms with Crippen molar-refractivity contribution in [2.45, 2.75) is 39.6 Å². The van der Waals surface area contributed by atoms with Gasteiger partial charge in [-0.3, -0.25) is 9.78 Å². The number of pyridine rings is 2. The number of aryl methyl sites for hydroxylation is 1. The molecule has 9 heteroatoms. The average Bonchev–Trinajstić information content (AvgIpc) is 3.30. The van der Waals surface area contributed by atoms with Gasteiger partial charge < -0.3 is 14.6 Å². The third kappa shape index (κ3) is 4.96. The van der Waals surface area contributed by atoms with Crippen LogP contribution in [0.25, 0.3) is 16.6 Å². The molecule has 0 bridgehead atoms. The maximum Gasteiger partial charge on any atom is 0.257 e. The highest BCUT2D eigenvalue weighted by atomic mass is 35.5. The van der Waals surface area contributed by atoms with Gasteiger partial charge in [0.1, 0.15) is 17.9 Å². The minimum absolute atomic E-state index is 0.0795. The molecule has 7 nitrogen and oxygen atoms in total. The molecule has 1 N–H and O–H groups in total. The van der Waals surface area contributed by atoms with Gasteiger partial charge in [-0.15, -0.1) is 0 Å². The number of fused-ring (bicyclic) bond motifs is 1. The summed E-state index contributed by atoms with van der Waals surface area (Å²) in [6, 6.07) is 7.70. The van der Waals surface area contributed by atoms with Crippen LogP contribution in [-0.2, 0) is 17.9 Å². The van der Waals surface area contributed by atoms with Gasteiger partial charge in [0.2, 0.25) is 0 Å². The van der Waals surface area contributed by atoms with Crippen molar-refractivity contribution in [1.29, 1.82) is 0 Å². The first kappa shape index (κ1) is 22.7. The summed E-state index contributed by atoms with van der Waals surface area (Å²) < 4.78 is 21.9. The van der Waals surface area contributed by atoms with E-state index in [0.717, 1.165) is 16.8 Å². The van der Waals surface area contributed by atoms with Gasteiger partial charge in [0, 0.05) is 48.0 Å². The Balaban J connectivity index is 1.63. The van der Waals surface area contributed by atoms with Gasteiger partial charge in [0.05, 0.1) is 17.0 Å². The van der Waals surface area contributed by atoms with Gasteiger partial charge >= 0.3 is 0 Å². The summed E-state index contributed by atoms with van der Waals surface area (Å²) in [7, 11) is 0. The molecule has 0 saturated carbocycles. The lowest BCUT2D eigenvalue weighted by atomic mass is 10.1. The van der Waals surface area contributed by atoms with E-state index in [1.807, 2.05) is 42.0 Å². The number of alkyl halides is 1. The van der Waals surface area contributed by atoms with Crippen molar-refractivity contribution < 1.29 is 13.9 Å². The minimum Gasteiger partial charge on any atom is -0.487 e. The first-order valence-corrected chi connectivity index (χ1v) is 10.7. The second-order valence-electron chi connectivity index (χ2n) is 8.11. The molecule has 0 spiro atoms. The zero-order valence-corrected chi connectivity index (χ0v) is 19.2. The standard InChI is InChI=1S/C24H23ClFN5O2/c1-15-9-20(31-8-7-27-14-31)17-5-4-6-21(22(17)30-15)33-13-18-16(10-28-12-19(18)25)11-29-23(32)24(2,3)26/h4-10,12,14H,11,13H2,1-3H3,(H,29,32). The van der Waals surface area contributed by atoms with Crippen LogP contribution in [0.4, 0.5) is 4.39 Å². The number of rotatable bonds is 7. The molecule has 1 amide bonds. The number of carbonyl (C=O) groups excluding carboxylic acids is 1. The monoisotopic (exact) mass is 467 g/mol. The summed E-state index contributed by atoms with van der Waals surface area (Å²) in [6.07, 6.45) is 8.42. The molecule has 0 aliphatic carbocycles. The van der Waals surface area contributed by atoms with E-state index in [9.17, 15) is 9.18 Å². The maximum absolute atomic E-state index is 13.9. The van der Waals surface area contributed by atoms with Crippen LogP contribution in [0.5, 0.6) is 5.75 Å². The Hall–Kier alpha value is -3.52. The molecule has 33 heavy (non-hydrogen) atoms. The van der Waals surface area contributed by atoms with Crippen LogP contribution in [0.3, 0.4) is 0 Å². The first-order valence-electron chi connectivity index (χ1n) is 10.3. The van der Waals surface area contributed by atoms with E-state index in [1.165, 1.54) is 20.0 Å². The molecule has 170 valence electrons. The Labute approximate surface area is 195 Å². The van der Waals surface area contributed by atoms with E-state index in [0.29, 0.717) is 27.4 Å². The van der Waals surface area contributed by atoms with Crippen molar-refractivity contribution in [1.82, 2.24) is 24.8 Å². The number of carbonyl (C=O) groups is 1. The van der Waals surface area contributed by atoms with Crippen LogP contribution in [0.2, 0.25) is 5.02 Å². The zero-order valence-electron chi connectivity index (χ0n) is 18.5. The lowest BCUT2D eigenvalue weighted by Crippen LogP contribution is -2.38. The Kier molecular flexibility index (Phi) is 6.29. The second-order valence-corrected chi connectivity index (χ2v) is 8.52. The SMILES string of the molecule is Cc1cc(-n2ccnc2)c2cccc(OCc3c(Cl)cncc3CNC(=O)C(C)(C)F)c2n1. The molecule has 0 aliphatic heterocycles. The number of imidazole rings is 1. The predicted molar refractivity (Wildman–Crippen MR) is 124 cm³/mol. The maximum atomic E-state index is 13.9. The van der Waals surface area contributed by atoms with Crippen molar-refractivity contribution >= 4 is 28.4 Å². The average molecular weight is 468 g/mol. The third-order valence-electron chi connectivity index (χ3n) is 5.14.